The fraction of sp³-hybridized carbons (Fsp3) is 0.200. The topological polar surface area (TPSA) is 47.9 Å². The summed E-state index contributed by atoms with van der Waals surface area (Å²) in [5.74, 6) is 0.511. The van der Waals surface area contributed by atoms with Gasteiger partial charge in [0.2, 0.25) is 5.90 Å². The lowest BCUT2D eigenvalue weighted by molar-refractivity contribution is -0.129. The van der Waals surface area contributed by atoms with Gasteiger partial charge in [-0.3, -0.25) is 0 Å². The maximum Gasteiger partial charge on any atom is 0.363 e. The van der Waals surface area contributed by atoms with Gasteiger partial charge in [0.1, 0.15) is 5.75 Å². The quantitative estimate of drug-likeness (QED) is 0.371. The van der Waals surface area contributed by atoms with Crippen LogP contribution in [0, 0.1) is 0 Å². The lowest BCUT2D eigenvalue weighted by atomic mass is 10.2. The van der Waals surface area contributed by atoms with Gasteiger partial charge >= 0.3 is 5.97 Å². The average Bonchev–Trinajstić information content (AvgIpc) is 2.99. The van der Waals surface area contributed by atoms with Gasteiger partial charge in [0.25, 0.3) is 0 Å². The second kappa shape index (κ2) is 8.39. The van der Waals surface area contributed by atoms with Crippen LogP contribution in [0.25, 0.3) is 6.08 Å². The molecule has 26 heavy (non-hydrogen) atoms. The van der Waals surface area contributed by atoms with E-state index >= 15 is 0 Å². The maximum absolute atomic E-state index is 12.1. The second-order valence-corrected chi connectivity index (χ2v) is 6.57. The molecule has 0 fully saturated rings. The number of hydrogen-bond acceptors (Lipinski definition) is 4. The molecule has 0 bridgehead atoms. The molecule has 1 aliphatic heterocycles. The Balaban J connectivity index is 1.78. The number of esters is 1. The molecule has 4 nitrogen and oxygen atoms in total. The van der Waals surface area contributed by atoms with Crippen LogP contribution in [0.4, 0.5) is 0 Å². The largest absolute Gasteiger partial charge is 0.494 e. The first-order valence-corrected chi connectivity index (χ1v) is 9.03. The number of carbonyl (C=O) groups excluding carboxylic acids is 1. The predicted molar refractivity (Wildman–Crippen MR) is 104 cm³/mol. The van der Waals surface area contributed by atoms with Crippen LogP contribution in [0.2, 0.25) is 10.0 Å². The van der Waals surface area contributed by atoms with Crippen molar-refractivity contribution in [2.75, 3.05) is 6.61 Å². The molecule has 2 aromatic rings. The Morgan fingerprint density at radius 3 is 2.62 bits per heavy atom. The molecule has 0 radical (unpaired) electrons. The first-order chi connectivity index (χ1) is 12.6. The van der Waals surface area contributed by atoms with Crippen LogP contribution in [0.1, 0.15) is 30.9 Å². The molecule has 3 rings (SSSR count). The second-order valence-electron chi connectivity index (χ2n) is 5.73. The number of hydrogen-bond donors (Lipinski definition) is 0. The van der Waals surface area contributed by atoms with Crippen LogP contribution in [0.15, 0.2) is 53.2 Å². The molecule has 134 valence electrons. The highest BCUT2D eigenvalue weighted by Gasteiger charge is 2.24. The van der Waals surface area contributed by atoms with Crippen molar-refractivity contribution in [1.29, 1.82) is 0 Å². The Kier molecular flexibility index (Phi) is 5.96. The molecular formula is C20H17Cl2NO3. The first kappa shape index (κ1) is 18.5. The number of carbonyl (C=O) groups is 1. The summed E-state index contributed by atoms with van der Waals surface area (Å²) in [6.45, 7) is 2.79. The van der Waals surface area contributed by atoms with Gasteiger partial charge < -0.3 is 9.47 Å². The van der Waals surface area contributed by atoms with E-state index in [1.165, 1.54) is 0 Å². The SMILES string of the molecule is CCCCOc1ccc(C2=NC(=Cc3ccc(Cl)cc3Cl)C(=O)O2)cc1. The summed E-state index contributed by atoms with van der Waals surface area (Å²) >= 11 is 12.0. The van der Waals surface area contributed by atoms with Crippen molar-refractivity contribution < 1.29 is 14.3 Å². The molecule has 0 atom stereocenters. The summed E-state index contributed by atoms with van der Waals surface area (Å²) in [7, 11) is 0. The summed E-state index contributed by atoms with van der Waals surface area (Å²) in [5, 5.41) is 0.964. The Morgan fingerprint density at radius 2 is 1.92 bits per heavy atom. The van der Waals surface area contributed by atoms with Gasteiger partial charge in [0, 0.05) is 15.6 Å². The molecule has 2 aromatic carbocycles. The van der Waals surface area contributed by atoms with E-state index < -0.39 is 5.97 Å². The van der Waals surface area contributed by atoms with Crippen molar-refractivity contribution in [3.05, 3.63) is 69.3 Å². The van der Waals surface area contributed by atoms with Crippen LogP contribution in [-0.4, -0.2) is 18.5 Å². The molecule has 0 spiro atoms. The van der Waals surface area contributed by atoms with Gasteiger partial charge in [-0.05, 0) is 54.5 Å². The summed E-state index contributed by atoms with van der Waals surface area (Å²) in [6, 6.07) is 12.3. The molecule has 0 saturated heterocycles. The maximum atomic E-state index is 12.1. The number of benzene rings is 2. The third-order valence-corrected chi connectivity index (χ3v) is 4.31. The summed E-state index contributed by atoms with van der Waals surface area (Å²) in [4.78, 5) is 16.4. The van der Waals surface area contributed by atoms with E-state index in [0.717, 1.165) is 18.6 Å². The van der Waals surface area contributed by atoms with Gasteiger partial charge in [-0.15, -0.1) is 0 Å². The van der Waals surface area contributed by atoms with Gasteiger partial charge in [-0.2, -0.15) is 0 Å². The molecule has 0 unspecified atom stereocenters. The first-order valence-electron chi connectivity index (χ1n) is 8.27. The third kappa shape index (κ3) is 4.45. The fourth-order valence-electron chi connectivity index (χ4n) is 2.33. The Hall–Kier alpha value is -2.30. The molecule has 1 aliphatic rings. The standard InChI is InChI=1S/C20H17Cl2NO3/c1-2-3-10-25-16-8-5-13(6-9-16)19-23-18(20(24)26-19)11-14-4-7-15(21)12-17(14)22/h4-9,11-12H,2-3,10H2,1H3. The molecule has 1 heterocycles. The Labute approximate surface area is 162 Å². The van der Waals surface area contributed by atoms with Crippen LogP contribution in [0.5, 0.6) is 5.75 Å². The Morgan fingerprint density at radius 1 is 1.15 bits per heavy atom. The normalized spacial score (nSPS) is 15.1. The van der Waals surface area contributed by atoms with E-state index in [1.54, 1.807) is 24.3 Å². The number of cyclic esters (lactones) is 1. The van der Waals surface area contributed by atoms with Crippen molar-refractivity contribution >= 4 is 41.1 Å². The zero-order valence-corrected chi connectivity index (χ0v) is 15.7. The molecule has 0 aromatic heterocycles. The van der Waals surface area contributed by atoms with E-state index in [-0.39, 0.29) is 11.6 Å². The van der Waals surface area contributed by atoms with Crippen molar-refractivity contribution in [1.82, 2.24) is 0 Å². The zero-order valence-electron chi connectivity index (χ0n) is 14.2. The number of nitrogens with zero attached hydrogens (tertiary/aromatic N) is 1. The third-order valence-electron chi connectivity index (χ3n) is 3.74. The van der Waals surface area contributed by atoms with E-state index in [9.17, 15) is 4.79 Å². The molecule has 6 heteroatoms. The van der Waals surface area contributed by atoms with Gasteiger partial charge in [-0.1, -0.05) is 42.6 Å². The van der Waals surface area contributed by atoms with Gasteiger partial charge in [0.15, 0.2) is 5.70 Å². The summed E-state index contributed by atoms with van der Waals surface area (Å²) in [5.41, 5.74) is 1.53. The number of ether oxygens (including phenoxy) is 2. The average molecular weight is 390 g/mol. The number of halogens is 2. The van der Waals surface area contributed by atoms with Gasteiger partial charge in [0.05, 0.1) is 6.61 Å². The lowest BCUT2D eigenvalue weighted by Crippen LogP contribution is -2.05. The van der Waals surface area contributed by atoms with Gasteiger partial charge in [-0.25, -0.2) is 9.79 Å². The molecule has 0 N–H and O–H groups in total. The summed E-state index contributed by atoms with van der Waals surface area (Å²) in [6.07, 6.45) is 3.67. The molecule has 0 aliphatic carbocycles. The van der Waals surface area contributed by atoms with E-state index in [0.29, 0.717) is 27.8 Å². The van der Waals surface area contributed by atoms with E-state index in [1.807, 2.05) is 24.3 Å². The highest BCUT2D eigenvalue weighted by atomic mass is 35.5. The van der Waals surface area contributed by atoms with E-state index in [4.69, 9.17) is 32.7 Å². The number of rotatable bonds is 6. The summed E-state index contributed by atoms with van der Waals surface area (Å²) < 4.78 is 10.9. The Bertz CT molecular complexity index is 873. The number of aliphatic imine (C=N–C) groups is 1. The van der Waals surface area contributed by atoms with Crippen molar-refractivity contribution in [3.63, 3.8) is 0 Å². The monoisotopic (exact) mass is 389 g/mol. The highest BCUT2D eigenvalue weighted by molar-refractivity contribution is 6.35. The lowest BCUT2D eigenvalue weighted by Gasteiger charge is -2.05. The zero-order chi connectivity index (χ0) is 18.5. The van der Waals surface area contributed by atoms with Crippen LogP contribution < -0.4 is 4.74 Å². The minimum atomic E-state index is -0.519. The minimum Gasteiger partial charge on any atom is -0.494 e. The van der Waals surface area contributed by atoms with Crippen LogP contribution in [-0.2, 0) is 9.53 Å². The van der Waals surface area contributed by atoms with Crippen molar-refractivity contribution in [2.45, 2.75) is 19.8 Å². The predicted octanol–water partition coefficient (Wildman–Crippen LogP) is 5.52. The molecule has 0 amide bonds. The molecule has 0 saturated carbocycles. The van der Waals surface area contributed by atoms with E-state index in [2.05, 4.69) is 11.9 Å². The minimum absolute atomic E-state index is 0.187. The van der Waals surface area contributed by atoms with Crippen LogP contribution >= 0.6 is 23.2 Å². The van der Waals surface area contributed by atoms with Crippen molar-refractivity contribution in [3.8, 4) is 5.75 Å². The van der Waals surface area contributed by atoms with Crippen molar-refractivity contribution in [2.24, 2.45) is 4.99 Å². The smallest absolute Gasteiger partial charge is 0.363 e. The highest BCUT2D eigenvalue weighted by Crippen LogP contribution is 2.26. The fourth-order valence-corrected chi connectivity index (χ4v) is 2.79. The van der Waals surface area contributed by atoms with Crippen LogP contribution in [0.3, 0.4) is 0 Å². The number of unbranched alkanes of at least 4 members (excludes halogenated alkanes) is 1. The molecular weight excluding hydrogens is 373 g/mol.